The summed E-state index contributed by atoms with van der Waals surface area (Å²) in [4.78, 5) is 17.2. The molecule has 0 amide bonds. The van der Waals surface area contributed by atoms with Crippen LogP contribution in [-0.4, -0.2) is 22.6 Å². The summed E-state index contributed by atoms with van der Waals surface area (Å²) in [5.74, 6) is -0.901. The lowest BCUT2D eigenvalue weighted by Crippen LogP contribution is -2.20. The molecule has 20 heavy (non-hydrogen) atoms. The monoisotopic (exact) mass is 288 g/mol. The van der Waals surface area contributed by atoms with Crippen LogP contribution in [0.2, 0.25) is 5.02 Å². The van der Waals surface area contributed by atoms with Crippen molar-refractivity contribution in [3.05, 3.63) is 58.4 Å². The maximum Gasteiger partial charge on any atom is 0.335 e. The summed E-state index contributed by atoms with van der Waals surface area (Å²) in [5.41, 5.74) is 3.48. The number of aromatic carboxylic acids is 1. The number of anilines is 1. The topological polar surface area (TPSA) is 53.4 Å². The second-order valence-electron chi connectivity index (χ2n) is 4.79. The zero-order valence-corrected chi connectivity index (χ0v) is 11.5. The van der Waals surface area contributed by atoms with E-state index in [1.165, 1.54) is 5.56 Å². The van der Waals surface area contributed by atoms with Crippen molar-refractivity contribution in [3.8, 4) is 0 Å². The zero-order chi connectivity index (χ0) is 14.1. The predicted octanol–water partition coefficient (Wildman–Crippen LogP) is 3.00. The molecule has 102 valence electrons. The van der Waals surface area contributed by atoms with E-state index in [9.17, 15) is 4.79 Å². The number of carbonyl (C=O) groups is 1. The first kappa shape index (κ1) is 12.9. The minimum atomic E-state index is -0.901. The summed E-state index contributed by atoms with van der Waals surface area (Å²) in [5, 5.41) is 9.72. The third-order valence-corrected chi connectivity index (χ3v) is 3.88. The number of halogens is 1. The van der Waals surface area contributed by atoms with Crippen molar-refractivity contribution < 1.29 is 9.90 Å². The molecule has 0 bridgehead atoms. The molecule has 2 heterocycles. The fraction of sp³-hybridized carbons (Fsp3) is 0.200. The molecule has 1 aromatic carbocycles. The number of hydrogen-bond donors (Lipinski definition) is 1. The normalized spacial score (nSPS) is 13.3. The molecule has 1 aliphatic heterocycles. The number of nitrogens with zero attached hydrogens (tertiary/aromatic N) is 2. The maximum absolute atomic E-state index is 11.1. The molecule has 5 heteroatoms. The van der Waals surface area contributed by atoms with E-state index in [0.29, 0.717) is 17.1 Å². The van der Waals surface area contributed by atoms with Crippen LogP contribution in [0.25, 0.3) is 0 Å². The Morgan fingerprint density at radius 1 is 1.40 bits per heavy atom. The lowest BCUT2D eigenvalue weighted by molar-refractivity contribution is 0.0697. The maximum atomic E-state index is 11.1. The van der Waals surface area contributed by atoms with Gasteiger partial charge in [-0.2, -0.15) is 0 Å². The molecule has 0 atom stereocenters. The Bertz CT molecular complexity index is 673. The van der Waals surface area contributed by atoms with Crippen molar-refractivity contribution in [1.82, 2.24) is 4.98 Å². The van der Waals surface area contributed by atoms with Crippen LogP contribution >= 0.6 is 11.6 Å². The average molecular weight is 289 g/mol. The molecule has 3 rings (SSSR count). The van der Waals surface area contributed by atoms with Crippen LogP contribution in [0.3, 0.4) is 0 Å². The minimum Gasteiger partial charge on any atom is -0.478 e. The van der Waals surface area contributed by atoms with Crippen molar-refractivity contribution >= 4 is 23.3 Å². The van der Waals surface area contributed by atoms with E-state index in [2.05, 4.69) is 9.88 Å². The number of benzene rings is 1. The van der Waals surface area contributed by atoms with Gasteiger partial charge in [0.25, 0.3) is 0 Å². The van der Waals surface area contributed by atoms with Gasteiger partial charge in [0.2, 0.25) is 0 Å². The molecule has 0 radical (unpaired) electrons. The molecule has 1 N–H and O–H groups in total. The third kappa shape index (κ3) is 2.34. The lowest BCUT2D eigenvalue weighted by atomic mass is 10.1. The zero-order valence-electron chi connectivity index (χ0n) is 10.7. The van der Waals surface area contributed by atoms with Crippen LogP contribution in [0.15, 0.2) is 36.7 Å². The summed E-state index contributed by atoms with van der Waals surface area (Å²) in [6.45, 7) is 1.54. The van der Waals surface area contributed by atoms with Crippen LogP contribution in [0, 0.1) is 0 Å². The van der Waals surface area contributed by atoms with Gasteiger partial charge >= 0.3 is 5.97 Å². The van der Waals surface area contributed by atoms with Gasteiger partial charge in [-0.05, 0) is 35.7 Å². The van der Waals surface area contributed by atoms with Crippen LogP contribution < -0.4 is 4.90 Å². The number of rotatable bonds is 3. The average Bonchev–Trinajstić information content (AvgIpc) is 2.84. The van der Waals surface area contributed by atoms with Gasteiger partial charge in [0.1, 0.15) is 0 Å². The van der Waals surface area contributed by atoms with Gasteiger partial charge in [0.15, 0.2) is 0 Å². The molecular formula is C15H13ClN2O2. The highest BCUT2D eigenvalue weighted by Gasteiger charge is 2.21. The minimum absolute atomic E-state index is 0.316. The summed E-state index contributed by atoms with van der Waals surface area (Å²) < 4.78 is 0. The van der Waals surface area contributed by atoms with Crippen LogP contribution in [0.1, 0.15) is 21.5 Å². The standard InChI is InChI=1S/C15H13ClN2O2/c16-13-8-17-5-3-12(13)9-18-6-4-10-1-2-11(15(19)20)7-14(10)18/h1-3,5,7-8H,4,6,9H2,(H,19,20). The van der Waals surface area contributed by atoms with Crippen LogP contribution in [-0.2, 0) is 13.0 Å². The van der Waals surface area contributed by atoms with E-state index in [1.54, 1.807) is 24.5 Å². The van der Waals surface area contributed by atoms with Gasteiger partial charge in [-0.15, -0.1) is 0 Å². The van der Waals surface area contributed by atoms with Gasteiger partial charge in [-0.3, -0.25) is 4.98 Å². The second-order valence-corrected chi connectivity index (χ2v) is 5.19. The number of hydrogen-bond acceptors (Lipinski definition) is 3. The summed E-state index contributed by atoms with van der Waals surface area (Å²) in [6.07, 6.45) is 4.27. The van der Waals surface area contributed by atoms with E-state index in [0.717, 1.165) is 24.2 Å². The van der Waals surface area contributed by atoms with Crippen molar-refractivity contribution in [2.45, 2.75) is 13.0 Å². The summed E-state index contributed by atoms with van der Waals surface area (Å²) in [6, 6.07) is 7.18. The first-order chi connectivity index (χ1) is 9.65. The highest BCUT2D eigenvalue weighted by atomic mass is 35.5. The Morgan fingerprint density at radius 3 is 3.00 bits per heavy atom. The van der Waals surface area contributed by atoms with E-state index in [-0.39, 0.29) is 0 Å². The number of fused-ring (bicyclic) bond motifs is 1. The molecular weight excluding hydrogens is 276 g/mol. The summed E-state index contributed by atoms with van der Waals surface area (Å²) >= 11 is 6.13. The molecule has 1 aliphatic rings. The van der Waals surface area contributed by atoms with E-state index >= 15 is 0 Å². The Morgan fingerprint density at radius 2 is 2.25 bits per heavy atom. The van der Waals surface area contributed by atoms with Gasteiger partial charge in [0, 0.05) is 31.2 Å². The number of pyridine rings is 1. The third-order valence-electron chi connectivity index (χ3n) is 3.54. The summed E-state index contributed by atoms with van der Waals surface area (Å²) in [7, 11) is 0. The van der Waals surface area contributed by atoms with Crippen molar-refractivity contribution in [2.75, 3.05) is 11.4 Å². The van der Waals surface area contributed by atoms with E-state index < -0.39 is 5.97 Å². The Hall–Kier alpha value is -2.07. The van der Waals surface area contributed by atoms with Gasteiger partial charge in [0.05, 0.1) is 10.6 Å². The SMILES string of the molecule is O=C(O)c1ccc2c(c1)N(Cc1ccncc1Cl)CC2. The fourth-order valence-electron chi connectivity index (χ4n) is 2.48. The Labute approximate surface area is 121 Å². The molecule has 0 aliphatic carbocycles. The highest BCUT2D eigenvalue weighted by Crippen LogP contribution is 2.31. The first-order valence-corrected chi connectivity index (χ1v) is 6.72. The molecule has 4 nitrogen and oxygen atoms in total. The van der Waals surface area contributed by atoms with Crippen molar-refractivity contribution in [1.29, 1.82) is 0 Å². The predicted molar refractivity (Wildman–Crippen MR) is 77.4 cm³/mol. The molecule has 2 aromatic rings. The van der Waals surface area contributed by atoms with Gasteiger partial charge in [-0.25, -0.2) is 4.79 Å². The molecule has 0 saturated heterocycles. The smallest absolute Gasteiger partial charge is 0.335 e. The molecule has 0 fully saturated rings. The van der Waals surface area contributed by atoms with E-state index in [1.807, 2.05) is 12.1 Å². The quantitative estimate of drug-likeness (QED) is 0.943. The fourth-order valence-corrected chi connectivity index (χ4v) is 2.66. The molecule has 0 unspecified atom stereocenters. The lowest BCUT2D eigenvalue weighted by Gasteiger charge is -2.20. The Balaban J connectivity index is 1.91. The van der Waals surface area contributed by atoms with Crippen LogP contribution in [0.5, 0.6) is 0 Å². The van der Waals surface area contributed by atoms with Gasteiger partial charge in [-0.1, -0.05) is 17.7 Å². The van der Waals surface area contributed by atoms with Crippen molar-refractivity contribution in [2.24, 2.45) is 0 Å². The highest BCUT2D eigenvalue weighted by molar-refractivity contribution is 6.31. The largest absolute Gasteiger partial charge is 0.478 e. The number of carboxylic acids is 1. The molecule has 0 saturated carbocycles. The Kier molecular flexibility index (Phi) is 3.32. The second kappa shape index (κ2) is 5.13. The molecule has 1 aromatic heterocycles. The van der Waals surface area contributed by atoms with Gasteiger partial charge < -0.3 is 10.0 Å². The number of aromatic nitrogens is 1. The van der Waals surface area contributed by atoms with Crippen LogP contribution in [0.4, 0.5) is 5.69 Å². The number of carboxylic acid groups (broad SMARTS) is 1. The first-order valence-electron chi connectivity index (χ1n) is 6.34. The van der Waals surface area contributed by atoms with Crippen molar-refractivity contribution in [3.63, 3.8) is 0 Å². The molecule has 0 spiro atoms. The van der Waals surface area contributed by atoms with E-state index in [4.69, 9.17) is 16.7 Å².